The van der Waals surface area contributed by atoms with Crippen molar-refractivity contribution in [3.63, 3.8) is 0 Å². The van der Waals surface area contributed by atoms with Crippen molar-refractivity contribution < 1.29 is 4.79 Å². The Kier molecular flexibility index (Phi) is 4.69. The first-order valence-corrected chi connectivity index (χ1v) is 9.81. The van der Waals surface area contributed by atoms with E-state index in [4.69, 9.17) is 0 Å². The molecule has 27 heavy (non-hydrogen) atoms. The Morgan fingerprint density at radius 2 is 2.15 bits per heavy atom. The first-order valence-electron chi connectivity index (χ1n) is 8.82. The van der Waals surface area contributed by atoms with E-state index in [-0.39, 0.29) is 11.7 Å². The van der Waals surface area contributed by atoms with E-state index in [0.717, 1.165) is 46.5 Å². The summed E-state index contributed by atoms with van der Waals surface area (Å²) in [5.74, 6) is 1.01. The maximum absolute atomic E-state index is 12.4. The third-order valence-corrected chi connectivity index (χ3v) is 5.55. The number of hydrogen-bond acceptors (Lipinski definition) is 6. The highest BCUT2D eigenvalue weighted by Gasteiger charge is 2.30. The molecule has 1 fully saturated rings. The number of amides is 1. The van der Waals surface area contributed by atoms with Gasteiger partial charge in [-0.25, -0.2) is 0 Å². The Bertz CT molecular complexity index is 975. The van der Waals surface area contributed by atoms with Crippen molar-refractivity contribution in [1.29, 1.82) is 0 Å². The zero-order valence-corrected chi connectivity index (χ0v) is 16.3. The third kappa shape index (κ3) is 3.59. The van der Waals surface area contributed by atoms with Crippen molar-refractivity contribution in [2.24, 2.45) is 7.05 Å². The number of anilines is 1. The molecule has 0 radical (unpaired) electrons. The molecule has 3 heterocycles. The molecule has 3 aromatic heterocycles. The minimum atomic E-state index is -0.0764. The van der Waals surface area contributed by atoms with Crippen LogP contribution in [0, 0.1) is 13.8 Å². The maximum atomic E-state index is 12.4. The predicted molar refractivity (Wildman–Crippen MR) is 104 cm³/mol. The number of carbonyl (C=O) groups excluding carboxylic acids is 1. The SMILES string of the molecule is Cc1nn(C)c(C)c1NC(=O)CSc1nnc(-c2cccnc2)n1C1CC1. The van der Waals surface area contributed by atoms with Crippen molar-refractivity contribution >= 4 is 23.4 Å². The Morgan fingerprint density at radius 3 is 2.78 bits per heavy atom. The molecule has 4 rings (SSSR count). The van der Waals surface area contributed by atoms with Crippen LogP contribution in [-0.4, -0.2) is 41.2 Å². The van der Waals surface area contributed by atoms with Crippen LogP contribution in [0.5, 0.6) is 0 Å². The number of pyridine rings is 1. The normalized spacial score (nSPS) is 13.7. The maximum Gasteiger partial charge on any atom is 0.234 e. The number of aromatic nitrogens is 6. The Hall–Kier alpha value is -2.68. The molecule has 0 saturated heterocycles. The summed E-state index contributed by atoms with van der Waals surface area (Å²) in [6, 6.07) is 4.27. The molecule has 1 saturated carbocycles. The van der Waals surface area contributed by atoms with Gasteiger partial charge in [0.25, 0.3) is 0 Å². The highest BCUT2D eigenvalue weighted by molar-refractivity contribution is 7.99. The van der Waals surface area contributed by atoms with E-state index in [1.807, 2.05) is 33.0 Å². The lowest BCUT2D eigenvalue weighted by Crippen LogP contribution is -2.15. The summed E-state index contributed by atoms with van der Waals surface area (Å²) in [4.78, 5) is 16.6. The quantitative estimate of drug-likeness (QED) is 0.658. The van der Waals surface area contributed by atoms with E-state index in [0.29, 0.717) is 6.04 Å². The average molecular weight is 383 g/mol. The van der Waals surface area contributed by atoms with Gasteiger partial charge in [-0.05, 0) is 38.8 Å². The number of thioether (sulfide) groups is 1. The van der Waals surface area contributed by atoms with Gasteiger partial charge < -0.3 is 5.32 Å². The molecule has 0 atom stereocenters. The minimum Gasteiger partial charge on any atom is -0.322 e. The second-order valence-electron chi connectivity index (χ2n) is 6.66. The van der Waals surface area contributed by atoms with Crippen molar-refractivity contribution in [2.45, 2.75) is 37.9 Å². The first kappa shape index (κ1) is 17.7. The highest BCUT2D eigenvalue weighted by atomic mass is 32.2. The third-order valence-electron chi connectivity index (χ3n) is 4.60. The van der Waals surface area contributed by atoms with Crippen LogP contribution in [0.25, 0.3) is 11.4 Å². The average Bonchev–Trinajstić information content (AvgIpc) is 3.38. The van der Waals surface area contributed by atoms with E-state index in [2.05, 4.69) is 30.2 Å². The topological polar surface area (TPSA) is 90.5 Å². The Balaban J connectivity index is 1.48. The Labute approximate surface area is 161 Å². The van der Waals surface area contributed by atoms with Crippen molar-refractivity contribution in [3.05, 3.63) is 35.9 Å². The number of aryl methyl sites for hydroxylation is 2. The molecule has 1 amide bonds. The van der Waals surface area contributed by atoms with Crippen molar-refractivity contribution in [3.8, 4) is 11.4 Å². The smallest absolute Gasteiger partial charge is 0.234 e. The molecule has 1 N–H and O–H groups in total. The van der Waals surface area contributed by atoms with Crippen molar-refractivity contribution in [1.82, 2.24) is 29.5 Å². The number of carbonyl (C=O) groups is 1. The fourth-order valence-corrected chi connectivity index (χ4v) is 3.79. The fourth-order valence-electron chi connectivity index (χ4n) is 2.99. The number of hydrogen-bond donors (Lipinski definition) is 1. The molecule has 1 aliphatic carbocycles. The van der Waals surface area contributed by atoms with Gasteiger partial charge in [-0.3, -0.25) is 19.0 Å². The molecule has 0 unspecified atom stereocenters. The van der Waals surface area contributed by atoms with Gasteiger partial charge in [-0.1, -0.05) is 11.8 Å². The second-order valence-corrected chi connectivity index (χ2v) is 7.60. The Morgan fingerprint density at radius 1 is 1.33 bits per heavy atom. The van der Waals surface area contributed by atoms with Crippen LogP contribution in [-0.2, 0) is 11.8 Å². The van der Waals surface area contributed by atoms with Crippen LogP contribution in [0.1, 0.15) is 30.3 Å². The largest absolute Gasteiger partial charge is 0.322 e. The van der Waals surface area contributed by atoms with Gasteiger partial charge in [0.15, 0.2) is 11.0 Å². The molecular weight excluding hydrogens is 362 g/mol. The summed E-state index contributed by atoms with van der Waals surface area (Å²) in [7, 11) is 1.87. The molecule has 140 valence electrons. The molecule has 8 nitrogen and oxygen atoms in total. The zero-order chi connectivity index (χ0) is 19.0. The lowest BCUT2D eigenvalue weighted by atomic mass is 10.3. The molecule has 0 aromatic carbocycles. The number of rotatable bonds is 6. The van der Waals surface area contributed by atoms with Gasteiger partial charge in [0, 0.05) is 31.0 Å². The van der Waals surface area contributed by atoms with E-state index >= 15 is 0 Å². The van der Waals surface area contributed by atoms with Crippen LogP contribution >= 0.6 is 11.8 Å². The standard InChI is InChI=1S/C18H21N7OS/c1-11-16(12(2)24(3)23-11)20-15(26)10-27-18-22-21-17(25(18)14-6-7-14)13-5-4-8-19-9-13/h4-5,8-9,14H,6-7,10H2,1-3H3,(H,20,26). The molecule has 0 bridgehead atoms. The fraction of sp³-hybridized carbons (Fsp3) is 0.389. The number of nitrogens with one attached hydrogen (secondary N) is 1. The molecule has 0 spiro atoms. The van der Waals surface area contributed by atoms with Gasteiger partial charge in [0.2, 0.25) is 5.91 Å². The number of nitrogens with zero attached hydrogens (tertiary/aromatic N) is 6. The molecule has 9 heteroatoms. The van der Waals surface area contributed by atoms with E-state index in [1.165, 1.54) is 11.8 Å². The van der Waals surface area contributed by atoms with Crippen LogP contribution in [0.4, 0.5) is 5.69 Å². The summed E-state index contributed by atoms with van der Waals surface area (Å²) in [6.07, 6.45) is 5.75. The highest BCUT2D eigenvalue weighted by Crippen LogP contribution is 2.40. The van der Waals surface area contributed by atoms with Crippen LogP contribution in [0.3, 0.4) is 0 Å². The van der Waals surface area contributed by atoms with Gasteiger partial charge in [0.05, 0.1) is 22.8 Å². The van der Waals surface area contributed by atoms with E-state index in [9.17, 15) is 4.79 Å². The predicted octanol–water partition coefficient (Wildman–Crippen LogP) is 2.76. The van der Waals surface area contributed by atoms with E-state index < -0.39 is 0 Å². The van der Waals surface area contributed by atoms with Gasteiger partial charge in [-0.15, -0.1) is 10.2 Å². The van der Waals surface area contributed by atoms with Gasteiger partial charge in [0.1, 0.15) is 0 Å². The molecule has 3 aromatic rings. The summed E-state index contributed by atoms with van der Waals surface area (Å²) >= 11 is 1.41. The summed E-state index contributed by atoms with van der Waals surface area (Å²) in [6.45, 7) is 3.83. The second kappa shape index (κ2) is 7.15. The zero-order valence-electron chi connectivity index (χ0n) is 15.5. The summed E-state index contributed by atoms with van der Waals surface area (Å²) in [5.41, 5.74) is 3.47. The van der Waals surface area contributed by atoms with Gasteiger partial charge in [-0.2, -0.15) is 5.10 Å². The van der Waals surface area contributed by atoms with E-state index in [1.54, 1.807) is 17.1 Å². The van der Waals surface area contributed by atoms with Gasteiger partial charge >= 0.3 is 0 Å². The van der Waals surface area contributed by atoms with Crippen LogP contribution < -0.4 is 5.32 Å². The lowest BCUT2D eigenvalue weighted by Gasteiger charge is -2.09. The van der Waals surface area contributed by atoms with Crippen molar-refractivity contribution in [2.75, 3.05) is 11.1 Å². The molecular formula is C18H21N7OS. The van der Waals surface area contributed by atoms with Crippen LogP contribution in [0.2, 0.25) is 0 Å². The lowest BCUT2D eigenvalue weighted by molar-refractivity contribution is -0.113. The first-order chi connectivity index (χ1) is 13.0. The summed E-state index contributed by atoms with van der Waals surface area (Å²) in [5, 5.41) is 16.7. The monoisotopic (exact) mass is 383 g/mol. The molecule has 1 aliphatic rings. The minimum absolute atomic E-state index is 0.0764. The summed E-state index contributed by atoms with van der Waals surface area (Å²) < 4.78 is 3.90. The molecule has 0 aliphatic heterocycles. The van der Waals surface area contributed by atoms with Crippen LogP contribution in [0.15, 0.2) is 29.7 Å².